The summed E-state index contributed by atoms with van der Waals surface area (Å²) in [5.41, 5.74) is -0.861. The topological polar surface area (TPSA) is 0 Å². The second kappa shape index (κ2) is 4.66. The van der Waals surface area contributed by atoms with E-state index in [0.717, 1.165) is 12.1 Å². The third kappa shape index (κ3) is 3.55. The zero-order chi connectivity index (χ0) is 11.5. The Labute approximate surface area is 89.2 Å². The maximum atomic E-state index is 12.8. The molecule has 0 radical (unpaired) electrons. The molecule has 1 aromatic rings. The second-order valence-corrected chi connectivity index (χ2v) is 3.14. The average Bonchev–Trinajstić information content (AvgIpc) is 2.12. The van der Waals surface area contributed by atoms with Crippen molar-refractivity contribution in [2.75, 3.05) is 5.88 Å². The fourth-order valence-electron chi connectivity index (χ4n) is 1.05. The summed E-state index contributed by atoms with van der Waals surface area (Å²) in [7, 11) is 0. The zero-order valence-electron chi connectivity index (χ0n) is 7.48. The number of alkyl halides is 4. The van der Waals surface area contributed by atoms with Crippen LogP contribution in [0.15, 0.2) is 24.3 Å². The smallest absolute Gasteiger partial charge is 0.207 e. The molecule has 0 aliphatic carbocycles. The number of allylic oxidation sites excluding steroid dienone is 1. The van der Waals surface area contributed by atoms with E-state index in [1.54, 1.807) is 0 Å². The molecule has 0 unspecified atom stereocenters. The maximum Gasteiger partial charge on any atom is 0.416 e. The Hall–Kier alpha value is -1.03. The SMILES string of the molecule is Fc1cc(C=CCCl)cc(C(F)(F)F)c1. The van der Waals surface area contributed by atoms with Crippen LogP contribution in [0.2, 0.25) is 0 Å². The van der Waals surface area contributed by atoms with E-state index >= 15 is 0 Å². The van der Waals surface area contributed by atoms with Gasteiger partial charge in [-0.2, -0.15) is 13.2 Å². The number of rotatable bonds is 2. The molecule has 0 aliphatic heterocycles. The van der Waals surface area contributed by atoms with Crippen LogP contribution >= 0.6 is 11.6 Å². The van der Waals surface area contributed by atoms with Crippen molar-refractivity contribution in [3.63, 3.8) is 0 Å². The summed E-state index contributed by atoms with van der Waals surface area (Å²) in [6.07, 6.45) is -1.76. The van der Waals surface area contributed by atoms with Crippen LogP contribution < -0.4 is 0 Å². The van der Waals surface area contributed by atoms with E-state index in [1.165, 1.54) is 12.2 Å². The van der Waals surface area contributed by atoms with Crippen LogP contribution in [0.3, 0.4) is 0 Å². The molecule has 1 rings (SSSR count). The molecule has 0 nitrogen and oxygen atoms in total. The van der Waals surface area contributed by atoms with Crippen molar-refractivity contribution in [1.82, 2.24) is 0 Å². The van der Waals surface area contributed by atoms with E-state index in [0.29, 0.717) is 6.07 Å². The Morgan fingerprint density at radius 3 is 2.40 bits per heavy atom. The molecular weight excluding hydrogens is 232 g/mol. The molecular formula is C10H7ClF4. The quantitative estimate of drug-likeness (QED) is 0.538. The lowest BCUT2D eigenvalue weighted by molar-refractivity contribution is -0.137. The van der Waals surface area contributed by atoms with Gasteiger partial charge < -0.3 is 0 Å². The molecule has 0 spiro atoms. The van der Waals surface area contributed by atoms with Crippen molar-refractivity contribution in [1.29, 1.82) is 0 Å². The minimum atomic E-state index is -4.54. The Bertz CT molecular complexity index is 368. The fourth-order valence-corrected chi connectivity index (χ4v) is 1.14. The third-order valence-corrected chi connectivity index (χ3v) is 1.83. The van der Waals surface area contributed by atoms with Gasteiger partial charge in [-0.05, 0) is 23.8 Å². The molecule has 0 aromatic heterocycles. The molecule has 0 heterocycles. The first-order valence-electron chi connectivity index (χ1n) is 4.04. The van der Waals surface area contributed by atoms with Gasteiger partial charge in [-0.3, -0.25) is 0 Å². The average molecular weight is 239 g/mol. The molecule has 0 saturated carbocycles. The zero-order valence-corrected chi connectivity index (χ0v) is 8.24. The summed E-state index contributed by atoms with van der Waals surface area (Å²) in [5, 5.41) is 0. The van der Waals surface area contributed by atoms with Gasteiger partial charge in [0.15, 0.2) is 0 Å². The lowest BCUT2D eigenvalue weighted by atomic mass is 10.1. The Morgan fingerprint density at radius 2 is 1.87 bits per heavy atom. The van der Waals surface area contributed by atoms with Gasteiger partial charge in [-0.25, -0.2) is 4.39 Å². The van der Waals surface area contributed by atoms with Crippen molar-refractivity contribution in [2.24, 2.45) is 0 Å². The van der Waals surface area contributed by atoms with Gasteiger partial charge in [0.1, 0.15) is 5.82 Å². The predicted molar refractivity (Wildman–Crippen MR) is 51.2 cm³/mol. The lowest BCUT2D eigenvalue weighted by Gasteiger charge is -2.07. The van der Waals surface area contributed by atoms with Crippen molar-refractivity contribution in [3.8, 4) is 0 Å². The first kappa shape index (κ1) is 12.0. The molecule has 5 heteroatoms. The summed E-state index contributed by atoms with van der Waals surface area (Å²) in [5.74, 6) is -0.753. The van der Waals surface area contributed by atoms with E-state index in [9.17, 15) is 17.6 Å². The van der Waals surface area contributed by atoms with Crippen LogP contribution in [0, 0.1) is 5.82 Å². The number of halogens is 5. The minimum Gasteiger partial charge on any atom is -0.207 e. The molecule has 0 bridgehead atoms. The van der Waals surface area contributed by atoms with Gasteiger partial charge in [0.2, 0.25) is 0 Å². The Balaban J connectivity index is 3.11. The van der Waals surface area contributed by atoms with E-state index in [4.69, 9.17) is 11.6 Å². The fraction of sp³-hybridized carbons (Fsp3) is 0.200. The van der Waals surface area contributed by atoms with E-state index in [2.05, 4.69) is 0 Å². The van der Waals surface area contributed by atoms with Crippen LogP contribution in [0.5, 0.6) is 0 Å². The standard InChI is InChI=1S/C10H7ClF4/c11-3-1-2-7-4-8(10(13,14)15)6-9(12)5-7/h1-2,4-6H,3H2. The van der Waals surface area contributed by atoms with Crippen LogP contribution in [-0.2, 0) is 6.18 Å². The minimum absolute atomic E-state index is 0.142. The molecule has 15 heavy (non-hydrogen) atoms. The molecule has 0 saturated heterocycles. The van der Waals surface area contributed by atoms with Crippen molar-refractivity contribution >= 4 is 17.7 Å². The summed E-state index contributed by atoms with van der Waals surface area (Å²) < 4.78 is 49.6. The highest BCUT2D eigenvalue weighted by Gasteiger charge is 2.31. The van der Waals surface area contributed by atoms with Crippen molar-refractivity contribution in [2.45, 2.75) is 6.18 Å². The van der Waals surface area contributed by atoms with Crippen molar-refractivity contribution in [3.05, 3.63) is 41.2 Å². The summed E-state index contributed by atoms with van der Waals surface area (Å²) >= 11 is 5.32. The van der Waals surface area contributed by atoms with Gasteiger partial charge >= 0.3 is 6.18 Å². The molecule has 0 fully saturated rings. The summed E-state index contributed by atoms with van der Waals surface area (Å²) in [4.78, 5) is 0. The normalized spacial score (nSPS) is 12.3. The predicted octanol–water partition coefficient (Wildman–Crippen LogP) is 4.10. The molecule has 82 valence electrons. The van der Waals surface area contributed by atoms with Crippen LogP contribution in [0.25, 0.3) is 6.08 Å². The maximum absolute atomic E-state index is 12.8. The van der Waals surface area contributed by atoms with Gasteiger partial charge in [-0.15, -0.1) is 11.6 Å². The molecule has 1 aromatic carbocycles. The highest BCUT2D eigenvalue weighted by Crippen LogP contribution is 2.30. The van der Waals surface area contributed by atoms with Gasteiger partial charge in [0.25, 0.3) is 0 Å². The molecule has 0 aliphatic rings. The number of hydrogen-bond donors (Lipinski definition) is 0. The monoisotopic (exact) mass is 238 g/mol. The van der Waals surface area contributed by atoms with Gasteiger partial charge in [0.05, 0.1) is 5.56 Å². The largest absolute Gasteiger partial charge is 0.416 e. The van der Waals surface area contributed by atoms with E-state index in [1.807, 2.05) is 0 Å². The second-order valence-electron chi connectivity index (χ2n) is 2.83. The van der Waals surface area contributed by atoms with Crippen LogP contribution in [0.4, 0.5) is 17.6 Å². The first-order valence-corrected chi connectivity index (χ1v) is 4.57. The molecule has 0 atom stereocenters. The highest BCUT2D eigenvalue weighted by molar-refractivity contribution is 6.19. The third-order valence-electron chi connectivity index (χ3n) is 1.65. The van der Waals surface area contributed by atoms with E-state index < -0.39 is 17.6 Å². The highest BCUT2D eigenvalue weighted by atomic mass is 35.5. The summed E-state index contributed by atoms with van der Waals surface area (Å²) in [6, 6.07) is 2.34. The Morgan fingerprint density at radius 1 is 1.20 bits per heavy atom. The summed E-state index contributed by atoms with van der Waals surface area (Å²) in [6.45, 7) is 0. The van der Waals surface area contributed by atoms with Gasteiger partial charge in [-0.1, -0.05) is 12.2 Å². The van der Waals surface area contributed by atoms with Crippen LogP contribution in [-0.4, -0.2) is 5.88 Å². The molecule has 0 amide bonds. The van der Waals surface area contributed by atoms with Crippen molar-refractivity contribution < 1.29 is 17.6 Å². The van der Waals surface area contributed by atoms with Gasteiger partial charge in [0, 0.05) is 5.88 Å². The lowest BCUT2D eigenvalue weighted by Crippen LogP contribution is -2.05. The first-order chi connectivity index (χ1) is 6.93. The number of benzene rings is 1. The molecule has 0 N–H and O–H groups in total. The Kier molecular flexibility index (Phi) is 3.74. The number of hydrogen-bond acceptors (Lipinski definition) is 0. The van der Waals surface area contributed by atoms with Crippen LogP contribution in [0.1, 0.15) is 11.1 Å². The van der Waals surface area contributed by atoms with E-state index in [-0.39, 0.29) is 11.4 Å².